The molecule has 1 unspecified atom stereocenters. The second-order valence-electron chi connectivity index (χ2n) is 2.75. The van der Waals surface area contributed by atoms with Crippen LogP contribution in [-0.2, 0) is 0 Å². The summed E-state index contributed by atoms with van der Waals surface area (Å²) in [6.45, 7) is 0. The van der Waals surface area contributed by atoms with E-state index in [0.29, 0.717) is 0 Å². The van der Waals surface area contributed by atoms with Crippen LogP contribution >= 0.6 is 0 Å². The fourth-order valence-electron chi connectivity index (χ4n) is 1.23. The Hall–Kier alpha value is -1.79. The molecule has 72 valence electrons. The second kappa shape index (κ2) is 3.95. The third kappa shape index (κ3) is 1.61. The molecule has 14 heavy (non-hydrogen) atoms. The van der Waals surface area contributed by atoms with Crippen LogP contribution in [0.2, 0.25) is 0 Å². The Morgan fingerprint density at radius 3 is 2.71 bits per heavy atom. The van der Waals surface area contributed by atoms with Crippen molar-refractivity contribution in [1.29, 1.82) is 0 Å². The third-order valence-corrected chi connectivity index (χ3v) is 1.87. The maximum absolute atomic E-state index is 5.43. The van der Waals surface area contributed by atoms with Gasteiger partial charge in [-0.1, -0.05) is 0 Å². The topological polar surface area (TPSA) is 92.5 Å². The van der Waals surface area contributed by atoms with Gasteiger partial charge in [0.25, 0.3) is 0 Å². The smallest absolute Gasteiger partial charge is 0.129 e. The summed E-state index contributed by atoms with van der Waals surface area (Å²) in [6, 6.07) is -0.203. The van der Waals surface area contributed by atoms with Gasteiger partial charge >= 0.3 is 0 Å². The van der Waals surface area contributed by atoms with Crippen molar-refractivity contribution in [2.24, 2.45) is 5.84 Å². The molecule has 0 saturated heterocycles. The van der Waals surface area contributed by atoms with Crippen molar-refractivity contribution < 1.29 is 0 Å². The van der Waals surface area contributed by atoms with Gasteiger partial charge in [-0.2, -0.15) is 0 Å². The molecule has 0 amide bonds. The molecule has 2 heterocycles. The minimum atomic E-state index is -0.203. The van der Waals surface area contributed by atoms with Crippen LogP contribution < -0.4 is 11.3 Å². The van der Waals surface area contributed by atoms with E-state index in [0.717, 1.165) is 11.4 Å². The summed E-state index contributed by atoms with van der Waals surface area (Å²) in [4.78, 5) is 14.9. The number of aromatic nitrogens is 4. The molecule has 2 rings (SSSR count). The van der Waals surface area contributed by atoms with Gasteiger partial charge in [0, 0.05) is 30.4 Å². The molecule has 0 radical (unpaired) electrons. The molecule has 0 fully saturated rings. The van der Waals surface area contributed by atoms with E-state index in [1.165, 1.54) is 6.33 Å². The fraction of sp³-hybridized carbons (Fsp3) is 0.125. The van der Waals surface area contributed by atoms with Gasteiger partial charge in [0.1, 0.15) is 18.2 Å². The lowest BCUT2D eigenvalue weighted by Crippen LogP contribution is -2.29. The van der Waals surface area contributed by atoms with Gasteiger partial charge in [-0.05, 0) is 0 Å². The first-order chi connectivity index (χ1) is 6.92. The van der Waals surface area contributed by atoms with E-state index in [1.807, 2.05) is 0 Å². The van der Waals surface area contributed by atoms with Crippen molar-refractivity contribution in [3.63, 3.8) is 0 Å². The Bertz CT molecular complexity index is 370. The highest BCUT2D eigenvalue weighted by atomic mass is 15.2. The van der Waals surface area contributed by atoms with Gasteiger partial charge < -0.3 is 4.98 Å². The van der Waals surface area contributed by atoms with E-state index in [1.54, 1.807) is 24.8 Å². The molecule has 4 N–H and O–H groups in total. The first kappa shape index (κ1) is 8.79. The molecule has 0 saturated carbocycles. The highest BCUT2D eigenvalue weighted by Gasteiger charge is 2.14. The Kier molecular flexibility index (Phi) is 2.48. The van der Waals surface area contributed by atoms with Gasteiger partial charge in [0.15, 0.2) is 0 Å². The summed E-state index contributed by atoms with van der Waals surface area (Å²) in [6.07, 6.45) is 8.27. The van der Waals surface area contributed by atoms with Crippen LogP contribution in [0, 0.1) is 0 Å². The van der Waals surface area contributed by atoms with Gasteiger partial charge in [0.05, 0.1) is 0 Å². The van der Waals surface area contributed by atoms with Crippen molar-refractivity contribution in [2.45, 2.75) is 6.04 Å². The molecule has 2 aromatic rings. The van der Waals surface area contributed by atoms with E-state index in [4.69, 9.17) is 5.84 Å². The maximum atomic E-state index is 5.43. The van der Waals surface area contributed by atoms with Crippen molar-refractivity contribution in [1.82, 2.24) is 25.4 Å². The molecular formula is C8H10N6. The lowest BCUT2D eigenvalue weighted by atomic mass is 10.1. The minimum absolute atomic E-state index is 0.203. The van der Waals surface area contributed by atoms with E-state index >= 15 is 0 Å². The Balaban J connectivity index is 2.31. The third-order valence-electron chi connectivity index (χ3n) is 1.87. The zero-order chi connectivity index (χ0) is 9.80. The van der Waals surface area contributed by atoms with Crippen LogP contribution in [0.5, 0.6) is 0 Å². The predicted octanol–water partition coefficient (Wildman–Crippen LogP) is -0.248. The van der Waals surface area contributed by atoms with Crippen molar-refractivity contribution in [2.75, 3.05) is 0 Å². The van der Waals surface area contributed by atoms with Crippen LogP contribution in [0.1, 0.15) is 17.4 Å². The van der Waals surface area contributed by atoms with Crippen molar-refractivity contribution in [3.05, 3.63) is 42.5 Å². The molecule has 6 heteroatoms. The molecule has 0 bridgehead atoms. The number of aromatic amines is 1. The molecule has 0 aliphatic heterocycles. The SMILES string of the molecule is NNC(c1cncnc1)c1ncc[nH]1. The fourth-order valence-corrected chi connectivity index (χ4v) is 1.23. The summed E-state index contributed by atoms with van der Waals surface area (Å²) in [5.41, 5.74) is 3.51. The molecule has 0 spiro atoms. The zero-order valence-corrected chi connectivity index (χ0v) is 7.38. The van der Waals surface area contributed by atoms with E-state index in [2.05, 4.69) is 25.4 Å². The number of rotatable bonds is 3. The van der Waals surface area contributed by atoms with Crippen LogP contribution in [0.3, 0.4) is 0 Å². The number of imidazole rings is 1. The summed E-state index contributed by atoms with van der Waals surface area (Å²) in [5.74, 6) is 6.17. The van der Waals surface area contributed by atoms with Crippen LogP contribution in [0.4, 0.5) is 0 Å². The van der Waals surface area contributed by atoms with Crippen LogP contribution in [-0.4, -0.2) is 19.9 Å². The largest absolute Gasteiger partial charge is 0.347 e. The average Bonchev–Trinajstić information content (AvgIpc) is 2.74. The standard InChI is InChI=1S/C8H10N6/c9-14-7(8-12-1-2-13-8)6-3-10-5-11-4-6/h1-5,7,14H,9H2,(H,12,13). The van der Waals surface area contributed by atoms with E-state index in [9.17, 15) is 0 Å². The normalized spacial score (nSPS) is 12.6. The van der Waals surface area contributed by atoms with Gasteiger partial charge in [-0.3, -0.25) is 5.84 Å². The minimum Gasteiger partial charge on any atom is -0.347 e. The Morgan fingerprint density at radius 2 is 2.14 bits per heavy atom. The number of hydrazine groups is 1. The molecule has 0 aliphatic rings. The van der Waals surface area contributed by atoms with Crippen LogP contribution in [0.15, 0.2) is 31.1 Å². The number of nitrogens with zero attached hydrogens (tertiary/aromatic N) is 3. The van der Waals surface area contributed by atoms with Crippen molar-refractivity contribution in [3.8, 4) is 0 Å². The monoisotopic (exact) mass is 190 g/mol. The first-order valence-electron chi connectivity index (χ1n) is 4.12. The number of nitrogens with one attached hydrogen (secondary N) is 2. The summed E-state index contributed by atoms with van der Waals surface area (Å²) < 4.78 is 0. The summed E-state index contributed by atoms with van der Waals surface area (Å²) >= 11 is 0. The Morgan fingerprint density at radius 1 is 1.36 bits per heavy atom. The average molecular weight is 190 g/mol. The highest BCUT2D eigenvalue weighted by molar-refractivity contribution is 5.17. The number of hydrogen-bond donors (Lipinski definition) is 3. The highest BCUT2D eigenvalue weighted by Crippen LogP contribution is 2.14. The zero-order valence-electron chi connectivity index (χ0n) is 7.38. The van der Waals surface area contributed by atoms with Gasteiger partial charge in [-0.25, -0.2) is 20.4 Å². The predicted molar refractivity (Wildman–Crippen MR) is 49.8 cm³/mol. The number of H-pyrrole nitrogens is 1. The maximum Gasteiger partial charge on any atom is 0.129 e. The van der Waals surface area contributed by atoms with E-state index in [-0.39, 0.29) is 6.04 Å². The molecule has 2 aromatic heterocycles. The summed E-state index contributed by atoms with van der Waals surface area (Å²) in [7, 11) is 0. The molecular weight excluding hydrogens is 180 g/mol. The molecule has 1 atom stereocenters. The molecule has 0 aliphatic carbocycles. The van der Waals surface area contributed by atoms with E-state index < -0.39 is 0 Å². The Labute approximate surface area is 80.6 Å². The van der Waals surface area contributed by atoms with Gasteiger partial charge in [0.2, 0.25) is 0 Å². The second-order valence-corrected chi connectivity index (χ2v) is 2.75. The lowest BCUT2D eigenvalue weighted by Gasteiger charge is -2.12. The first-order valence-corrected chi connectivity index (χ1v) is 4.12. The number of nitrogens with two attached hydrogens (primary N) is 1. The van der Waals surface area contributed by atoms with Gasteiger partial charge in [-0.15, -0.1) is 0 Å². The quantitative estimate of drug-likeness (QED) is 0.458. The number of hydrogen-bond acceptors (Lipinski definition) is 5. The molecule has 0 aromatic carbocycles. The molecule has 6 nitrogen and oxygen atoms in total. The summed E-state index contributed by atoms with van der Waals surface area (Å²) in [5, 5.41) is 0. The lowest BCUT2D eigenvalue weighted by molar-refractivity contribution is 0.603. The van der Waals surface area contributed by atoms with Crippen molar-refractivity contribution >= 4 is 0 Å². The van der Waals surface area contributed by atoms with Crippen LogP contribution in [0.25, 0.3) is 0 Å².